The van der Waals surface area contributed by atoms with Crippen molar-refractivity contribution in [3.63, 3.8) is 0 Å². The fourth-order valence-electron chi connectivity index (χ4n) is 2.06. The van der Waals surface area contributed by atoms with Crippen LogP contribution in [0.5, 0.6) is 0 Å². The fourth-order valence-corrected chi connectivity index (χ4v) is 3.45. The van der Waals surface area contributed by atoms with Crippen molar-refractivity contribution in [3.05, 3.63) is 0 Å². The minimum absolute atomic E-state index is 0.0935. The van der Waals surface area contributed by atoms with Crippen molar-refractivity contribution in [2.45, 2.75) is 12.8 Å². The maximum atomic E-state index is 11.7. The van der Waals surface area contributed by atoms with Crippen molar-refractivity contribution in [2.75, 3.05) is 38.7 Å². The third-order valence-electron chi connectivity index (χ3n) is 3.02. The SMILES string of the molecule is O=S1(=O)CNCCN1CC1CCOCC1. The summed E-state index contributed by atoms with van der Waals surface area (Å²) < 4.78 is 30.3. The second kappa shape index (κ2) is 4.78. The van der Waals surface area contributed by atoms with Crippen LogP contribution in [0.2, 0.25) is 0 Å². The van der Waals surface area contributed by atoms with E-state index in [4.69, 9.17) is 4.74 Å². The first-order valence-corrected chi connectivity index (χ1v) is 7.06. The first kappa shape index (κ1) is 11.3. The molecule has 0 aromatic carbocycles. The van der Waals surface area contributed by atoms with Crippen LogP contribution in [0.4, 0.5) is 0 Å². The van der Waals surface area contributed by atoms with Crippen LogP contribution in [0.3, 0.4) is 0 Å². The topological polar surface area (TPSA) is 58.6 Å². The van der Waals surface area contributed by atoms with E-state index in [1.54, 1.807) is 4.31 Å². The van der Waals surface area contributed by atoms with E-state index < -0.39 is 10.0 Å². The standard InChI is InChI=1S/C9H18N2O3S/c12-15(13)8-10-3-4-11(15)7-9-1-5-14-6-2-9/h9-10H,1-8H2. The number of sulfonamides is 1. The molecule has 0 bridgehead atoms. The Morgan fingerprint density at radius 2 is 2.07 bits per heavy atom. The molecule has 0 radical (unpaired) electrons. The van der Waals surface area contributed by atoms with E-state index in [9.17, 15) is 8.42 Å². The van der Waals surface area contributed by atoms with Crippen LogP contribution in [-0.4, -0.2) is 51.4 Å². The molecule has 5 nitrogen and oxygen atoms in total. The smallest absolute Gasteiger partial charge is 0.227 e. The molecule has 0 amide bonds. The Balaban J connectivity index is 1.91. The molecule has 88 valence electrons. The number of ether oxygens (including phenoxy) is 1. The van der Waals surface area contributed by atoms with Crippen LogP contribution >= 0.6 is 0 Å². The summed E-state index contributed by atoms with van der Waals surface area (Å²) in [6.45, 7) is 3.60. The summed E-state index contributed by atoms with van der Waals surface area (Å²) in [7, 11) is -3.04. The lowest BCUT2D eigenvalue weighted by molar-refractivity contribution is 0.0603. The van der Waals surface area contributed by atoms with Crippen LogP contribution in [0, 0.1) is 5.92 Å². The zero-order valence-electron chi connectivity index (χ0n) is 8.81. The zero-order valence-corrected chi connectivity index (χ0v) is 9.63. The quantitative estimate of drug-likeness (QED) is 0.706. The highest BCUT2D eigenvalue weighted by atomic mass is 32.2. The predicted octanol–water partition coefficient (Wildman–Crippen LogP) is -0.395. The lowest BCUT2D eigenvalue weighted by Gasteiger charge is -2.31. The Hall–Kier alpha value is -0.170. The highest BCUT2D eigenvalue weighted by molar-refractivity contribution is 7.89. The molecular weight excluding hydrogens is 216 g/mol. The Bertz CT molecular complexity index is 298. The lowest BCUT2D eigenvalue weighted by atomic mass is 10.0. The summed E-state index contributed by atoms with van der Waals surface area (Å²) in [5.41, 5.74) is 0. The molecule has 15 heavy (non-hydrogen) atoms. The number of rotatable bonds is 2. The molecule has 0 atom stereocenters. The summed E-state index contributed by atoms with van der Waals surface area (Å²) in [6.07, 6.45) is 1.97. The molecule has 0 aliphatic carbocycles. The fraction of sp³-hybridized carbons (Fsp3) is 1.00. The molecule has 0 unspecified atom stereocenters. The molecule has 2 fully saturated rings. The van der Waals surface area contributed by atoms with Crippen molar-refractivity contribution >= 4 is 10.0 Å². The number of nitrogens with zero attached hydrogens (tertiary/aromatic N) is 1. The van der Waals surface area contributed by atoms with Crippen LogP contribution in [-0.2, 0) is 14.8 Å². The van der Waals surface area contributed by atoms with Gasteiger partial charge in [0.05, 0.1) is 0 Å². The van der Waals surface area contributed by atoms with Crippen molar-refractivity contribution in [1.82, 2.24) is 9.62 Å². The molecule has 0 spiro atoms. The zero-order chi connectivity index (χ0) is 10.7. The summed E-state index contributed by atoms with van der Waals surface area (Å²) in [6, 6.07) is 0. The highest BCUT2D eigenvalue weighted by Crippen LogP contribution is 2.18. The molecule has 6 heteroatoms. The van der Waals surface area contributed by atoms with Gasteiger partial charge < -0.3 is 10.1 Å². The van der Waals surface area contributed by atoms with Crippen molar-refractivity contribution in [2.24, 2.45) is 5.92 Å². The molecule has 0 aromatic rings. The van der Waals surface area contributed by atoms with Gasteiger partial charge in [-0.1, -0.05) is 0 Å². The van der Waals surface area contributed by atoms with E-state index in [2.05, 4.69) is 5.32 Å². The first-order chi connectivity index (χ1) is 7.18. The van der Waals surface area contributed by atoms with E-state index in [0.29, 0.717) is 19.0 Å². The minimum atomic E-state index is -3.04. The molecule has 2 heterocycles. The van der Waals surface area contributed by atoms with Crippen molar-refractivity contribution in [1.29, 1.82) is 0 Å². The Labute approximate surface area is 90.8 Å². The summed E-state index contributed by atoms with van der Waals surface area (Å²) in [5.74, 6) is 0.572. The maximum Gasteiger partial charge on any atom is 0.227 e. The van der Waals surface area contributed by atoms with Gasteiger partial charge in [0, 0.05) is 32.8 Å². The summed E-state index contributed by atoms with van der Waals surface area (Å²) in [5, 5.41) is 2.89. The van der Waals surface area contributed by atoms with Gasteiger partial charge in [-0.25, -0.2) is 8.42 Å². The van der Waals surface area contributed by atoms with Gasteiger partial charge in [0.25, 0.3) is 0 Å². The third-order valence-corrected chi connectivity index (χ3v) is 4.71. The van der Waals surface area contributed by atoms with E-state index in [0.717, 1.165) is 32.6 Å². The second-order valence-electron chi connectivity index (χ2n) is 4.17. The second-order valence-corrected chi connectivity index (χ2v) is 6.14. The van der Waals surface area contributed by atoms with Gasteiger partial charge in [-0.2, -0.15) is 4.31 Å². The van der Waals surface area contributed by atoms with E-state index in [-0.39, 0.29) is 5.88 Å². The summed E-state index contributed by atoms with van der Waals surface area (Å²) >= 11 is 0. The van der Waals surface area contributed by atoms with E-state index >= 15 is 0 Å². The average Bonchev–Trinajstić information content (AvgIpc) is 2.23. The predicted molar refractivity (Wildman–Crippen MR) is 56.9 cm³/mol. The van der Waals surface area contributed by atoms with E-state index in [1.165, 1.54) is 0 Å². The van der Waals surface area contributed by atoms with Gasteiger partial charge in [0.1, 0.15) is 5.88 Å². The number of hydrogen-bond donors (Lipinski definition) is 1. The highest BCUT2D eigenvalue weighted by Gasteiger charge is 2.28. The van der Waals surface area contributed by atoms with Gasteiger partial charge in [-0.05, 0) is 18.8 Å². The normalized spacial score (nSPS) is 29.1. The van der Waals surface area contributed by atoms with Crippen LogP contribution < -0.4 is 5.32 Å². The molecule has 2 aliphatic rings. The Kier molecular flexibility index (Phi) is 3.60. The molecule has 2 rings (SSSR count). The van der Waals surface area contributed by atoms with E-state index in [1.807, 2.05) is 0 Å². The maximum absolute atomic E-state index is 11.7. The monoisotopic (exact) mass is 234 g/mol. The molecule has 0 saturated carbocycles. The van der Waals surface area contributed by atoms with Gasteiger partial charge >= 0.3 is 0 Å². The van der Waals surface area contributed by atoms with Crippen LogP contribution in [0.25, 0.3) is 0 Å². The van der Waals surface area contributed by atoms with Crippen LogP contribution in [0.15, 0.2) is 0 Å². The van der Waals surface area contributed by atoms with Gasteiger partial charge in [0.15, 0.2) is 0 Å². The Morgan fingerprint density at radius 1 is 1.33 bits per heavy atom. The molecule has 2 aliphatic heterocycles. The molecule has 0 aromatic heterocycles. The largest absolute Gasteiger partial charge is 0.381 e. The Morgan fingerprint density at radius 3 is 2.73 bits per heavy atom. The minimum Gasteiger partial charge on any atom is -0.381 e. The number of nitrogens with one attached hydrogen (secondary N) is 1. The van der Waals surface area contributed by atoms with Crippen LogP contribution in [0.1, 0.15) is 12.8 Å². The van der Waals surface area contributed by atoms with Gasteiger partial charge in [-0.15, -0.1) is 0 Å². The third kappa shape index (κ3) is 2.90. The summed E-state index contributed by atoms with van der Waals surface area (Å²) in [4.78, 5) is 0. The van der Waals surface area contributed by atoms with Crippen molar-refractivity contribution < 1.29 is 13.2 Å². The molecule has 1 N–H and O–H groups in total. The number of hydrogen-bond acceptors (Lipinski definition) is 4. The molecular formula is C9H18N2O3S. The molecule has 2 saturated heterocycles. The van der Waals surface area contributed by atoms with Gasteiger partial charge in [0.2, 0.25) is 10.0 Å². The van der Waals surface area contributed by atoms with Crippen molar-refractivity contribution in [3.8, 4) is 0 Å². The lowest BCUT2D eigenvalue weighted by Crippen LogP contribution is -2.49. The first-order valence-electron chi connectivity index (χ1n) is 5.45. The van der Waals surface area contributed by atoms with Gasteiger partial charge in [-0.3, -0.25) is 0 Å². The average molecular weight is 234 g/mol.